The van der Waals surface area contributed by atoms with E-state index in [1.54, 1.807) is 29.6 Å². The van der Waals surface area contributed by atoms with E-state index in [1.807, 2.05) is 6.07 Å². The summed E-state index contributed by atoms with van der Waals surface area (Å²) in [5.41, 5.74) is 0.656. The Morgan fingerprint density at radius 1 is 1.25 bits per heavy atom. The molecule has 2 bridgehead atoms. The molecule has 2 saturated heterocycles. The van der Waals surface area contributed by atoms with E-state index in [9.17, 15) is 13.2 Å². The van der Waals surface area contributed by atoms with Crippen LogP contribution in [0.1, 0.15) is 25.7 Å². The van der Waals surface area contributed by atoms with Crippen molar-refractivity contribution in [3.05, 3.63) is 24.3 Å². The van der Waals surface area contributed by atoms with Crippen LogP contribution >= 0.6 is 0 Å². The van der Waals surface area contributed by atoms with Crippen molar-refractivity contribution < 1.29 is 17.9 Å². The summed E-state index contributed by atoms with van der Waals surface area (Å²) in [6.07, 6.45) is 4.33. The molecule has 2 atom stereocenters. The van der Waals surface area contributed by atoms with E-state index in [0.29, 0.717) is 24.3 Å². The van der Waals surface area contributed by atoms with Gasteiger partial charge in [-0.25, -0.2) is 13.2 Å². The molecule has 2 aliphatic rings. The first kappa shape index (κ1) is 17.0. The van der Waals surface area contributed by atoms with E-state index in [4.69, 9.17) is 4.74 Å². The first-order chi connectivity index (χ1) is 11.4. The van der Waals surface area contributed by atoms with Crippen LogP contribution in [0.5, 0.6) is 5.75 Å². The summed E-state index contributed by atoms with van der Waals surface area (Å²) in [7, 11) is -1.60. The van der Waals surface area contributed by atoms with Crippen LogP contribution in [0.15, 0.2) is 24.3 Å². The molecule has 3 rings (SSSR count). The maximum Gasteiger partial charge on any atom is 0.319 e. The number of nitrogens with zero attached hydrogens (tertiary/aromatic N) is 1. The highest BCUT2D eigenvalue weighted by molar-refractivity contribution is 7.88. The Hall–Kier alpha value is -1.80. The number of fused-ring (bicyclic) bond motifs is 2. The lowest BCUT2D eigenvalue weighted by Crippen LogP contribution is -2.52. The molecule has 2 amide bonds. The molecule has 0 radical (unpaired) electrons. The Labute approximate surface area is 142 Å². The molecule has 132 valence electrons. The molecule has 2 heterocycles. The number of nitrogens with one attached hydrogen (secondary N) is 2. The van der Waals surface area contributed by atoms with Gasteiger partial charge >= 0.3 is 6.03 Å². The summed E-state index contributed by atoms with van der Waals surface area (Å²) in [5.74, 6) is 0.673. The van der Waals surface area contributed by atoms with Crippen molar-refractivity contribution in [1.82, 2.24) is 9.62 Å². The van der Waals surface area contributed by atoms with E-state index in [2.05, 4.69) is 10.6 Å². The van der Waals surface area contributed by atoms with Crippen LogP contribution in [-0.2, 0) is 10.0 Å². The number of carbonyl (C=O) groups is 1. The van der Waals surface area contributed by atoms with Gasteiger partial charge in [-0.1, -0.05) is 6.07 Å². The minimum absolute atomic E-state index is 0.000805. The summed E-state index contributed by atoms with van der Waals surface area (Å²) in [6, 6.07) is 6.86. The number of anilines is 1. The Morgan fingerprint density at radius 2 is 1.92 bits per heavy atom. The summed E-state index contributed by atoms with van der Waals surface area (Å²) in [4.78, 5) is 12.2. The number of rotatable bonds is 4. The molecule has 0 saturated carbocycles. The second kappa shape index (κ2) is 6.60. The van der Waals surface area contributed by atoms with E-state index in [0.717, 1.165) is 12.8 Å². The maximum atomic E-state index is 12.2. The number of amides is 2. The van der Waals surface area contributed by atoms with Crippen LogP contribution in [0, 0.1) is 0 Å². The van der Waals surface area contributed by atoms with Gasteiger partial charge in [0.2, 0.25) is 10.0 Å². The van der Waals surface area contributed by atoms with Crippen LogP contribution in [0.4, 0.5) is 10.5 Å². The molecule has 7 nitrogen and oxygen atoms in total. The van der Waals surface area contributed by atoms with Crippen LogP contribution in [-0.4, -0.2) is 50.2 Å². The molecule has 0 spiro atoms. The summed E-state index contributed by atoms with van der Waals surface area (Å²) < 4.78 is 30.5. The third-order valence-corrected chi connectivity index (χ3v) is 6.07. The molecule has 24 heavy (non-hydrogen) atoms. The first-order valence-electron chi connectivity index (χ1n) is 8.07. The zero-order valence-corrected chi connectivity index (χ0v) is 14.7. The minimum Gasteiger partial charge on any atom is -0.497 e. The van der Waals surface area contributed by atoms with Crippen molar-refractivity contribution >= 4 is 21.7 Å². The number of hydrogen-bond acceptors (Lipinski definition) is 4. The molecular formula is C16H23N3O4S. The summed E-state index contributed by atoms with van der Waals surface area (Å²) in [5, 5.41) is 5.76. The first-order valence-corrected chi connectivity index (χ1v) is 9.91. The molecule has 0 aromatic heterocycles. The van der Waals surface area contributed by atoms with Crippen LogP contribution in [0.25, 0.3) is 0 Å². The fourth-order valence-corrected chi connectivity index (χ4v) is 5.31. The van der Waals surface area contributed by atoms with Gasteiger partial charge in [-0.05, 0) is 37.8 Å². The molecule has 2 fully saturated rings. The lowest BCUT2D eigenvalue weighted by atomic mass is 10.00. The third-order valence-electron chi connectivity index (χ3n) is 4.71. The van der Waals surface area contributed by atoms with Crippen molar-refractivity contribution in [1.29, 1.82) is 0 Å². The predicted molar refractivity (Wildman–Crippen MR) is 91.7 cm³/mol. The quantitative estimate of drug-likeness (QED) is 0.864. The normalized spacial score (nSPS) is 26.8. The molecule has 1 aromatic carbocycles. The summed E-state index contributed by atoms with van der Waals surface area (Å²) in [6.45, 7) is 0. The topological polar surface area (TPSA) is 87.7 Å². The zero-order valence-electron chi connectivity index (χ0n) is 13.9. The van der Waals surface area contributed by atoms with Gasteiger partial charge in [0.1, 0.15) is 5.75 Å². The number of methoxy groups -OCH3 is 1. The van der Waals surface area contributed by atoms with Crippen molar-refractivity contribution in [3.8, 4) is 5.75 Å². The Balaban J connectivity index is 1.59. The van der Waals surface area contributed by atoms with E-state index < -0.39 is 10.0 Å². The molecule has 2 aliphatic heterocycles. The maximum absolute atomic E-state index is 12.2. The van der Waals surface area contributed by atoms with Gasteiger partial charge in [-0.15, -0.1) is 0 Å². The minimum atomic E-state index is -3.18. The number of benzene rings is 1. The molecule has 2 N–H and O–H groups in total. The van der Waals surface area contributed by atoms with Crippen molar-refractivity contribution in [2.75, 3.05) is 18.7 Å². The lowest BCUT2D eigenvalue weighted by molar-refractivity contribution is 0.204. The van der Waals surface area contributed by atoms with E-state index in [1.165, 1.54) is 6.26 Å². The van der Waals surface area contributed by atoms with Gasteiger partial charge < -0.3 is 15.4 Å². The fraction of sp³-hybridized carbons (Fsp3) is 0.562. The van der Waals surface area contributed by atoms with E-state index in [-0.39, 0.29) is 24.2 Å². The number of carbonyl (C=O) groups excluding carboxylic acids is 1. The second-order valence-electron chi connectivity index (χ2n) is 6.48. The molecule has 2 unspecified atom stereocenters. The smallest absolute Gasteiger partial charge is 0.319 e. The lowest BCUT2D eigenvalue weighted by Gasteiger charge is -2.37. The highest BCUT2D eigenvalue weighted by atomic mass is 32.2. The molecule has 8 heteroatoms. The highest BCUT2D eigenvalue weighted by Gasteiger charge is 2.45. The standard InChI is InChI=1S/C16H23N3O4S/c1-23-15-5-3-4-11(10-15)17-16(20)18-12-8-13-6-7-14(9-12)19(13)24(2,21)22/h3-5,10,12-14H,6-9H2,1-2H3,(H2,17,18,20). The van der Waals surface area contributed by atoms with Gasteiger partial charge in [-0.3, -0.25) is 0 Å². The van der Waals surface area contributed by atoms with Gasteiger partial charge in [-0.2, -0.15) is 4.31 Å². The highest BCUT2D eigenvalue weighted by Crippen LogP contribution is 2.37. The number of urea groups is 1. The second-order valence-corrected chi connectivity index (χ2v) is 8.36. The Kier molecular flexibility index (Phi) is 4.69. The summed E-state index contributed by atoms with van der Waals surface area (Å²) >= 11 is 0. The molecule has 0 aliphatic carbocycles. The van der Waals surface area contributed by atoms with Crippen molar-refractivity contribution in [2.45, 2.75) is 43.8 Å². The third kappa shape index (κ3) is 3.64. The largest absolute Gasteiger partial charge is 0.497 e. The number of sulfonamides is 1. The monoisotopic (exact) mass is 353 g/mol. The average molecular weight is 353 g/mol. The van der Waals surface area contributed by atoms with Crippen LogP contribution in [0.2, 0.25) is 0 Å². The van der Waals surface area contributed by atoms with Gasteiger partial charge in [0.05, 0.1) is 13.4 Å². The van der Waals surface area contributed by atoms with Gasteiger partial charge in [0.25, 0.3) is 0 Å². The van der Waals surface area contributed by atoms with Gasteiger partial charge in [0, 0.05) is 29.9 Å². The SMILES string of the molecule is COc1cccc(NC(=O)NC2CC3CCC(C2)N3S(C)(=O)=O)c1. The fourth-order valence-electron chi connectivity index (χ4n) is 3.85. The van der Waals surface area contributed by atoms with Crippen LogP contribution in [0.3, 0.4) is 0 Å². The van der Waals surface area contributed by atoms with Gasteiger partial charge in [0.15, 0.2) is 0 Å². The Bertz CT molecular complexity index is 708. The number of hydrogen-bond donors (Lipinski definition) is 2. The number of piperidine rings is 1. The average Bonchev–Trinajstić information content (AvgIpc) is 2.80. The Morgan fingerprint density at radius 3 is 2.50 bits per heavy atom. The van der Waals surface area contributed by atoms with Crippen molar-refractivity contribution in [2.24, 2.45) is 0 Å². The predicted octanol–water partition coefficient (Wildman–Crippen LogP) is 1.77. The zero-order chi connectivity index (χ0) is 17.3. The number of ether oxygens (including phenoxy) is 1. The van der Waals surface area contributed by atoms with Crippen LogP contribution < -0.4 is 15.4 Å². The molecular weight excluding hydrogens is 330 g/mol. The van der Waals surface area contributed by atoms with Crippen molar-refractivity contribution in [3.63, 3.8) is 0 Å². The molecule has 1 aromatic rings. The van der Waals surface area contributed by atoms with E-state index >= 15 is 0 Å².